The molecule has 78 valence electrons. The third-order valence-corrected chi connectivity index (χ3v) is 2.59. The van der Waals surface area contributed by atoms with Crippen LogP contribution in [0.4, 0.5) is 0 Å². The van der Waals surface area contributed by atoms with E-state index in [1.807, 2.05) is 13.0 Å². The van der Waals surface area contributed by atoms with Crippen LogP contribution < -0.4 is 0 Å². The number of nitrogens with zero attached hydrogens (tertiary/aromatic N) is 2. The molecular formula is C9H13ClN2OS. The first-order valence-electron chi connectivity index (χ1n) is 4.28. The highest BCUT2D eigenvalue weighted by Gasteiger charge is 2.24. The second-order valence-corrected chi connectivity index (χ2v) is 4.55. The molecule has 1 heterocycles. The van der Waals surface area contributed by atoms with Gasteiger partial charge in [0.1, 0.15) is 0 Å². The second-order valence-electron chi connectivity index (χ2n) is 3.31. The lowest BCUT2D eigenvalue weighted by Crippen LogP contribution is -2.29. The molecule has 0 radical (unpaired) electrons. The smallest absolute Gasteiger partial charge is 0.185 e. The summed E-state index contributed by atoms with van der Waals surface area (Å²) in [5.74, 6) is 0.717. The van der Waals surface area contributed by atoms with Gasteiger partial charge >= 0.3 is 0 Å². The van der Waals surface area contributed by atoms with E-state index < -0.39 is 5.72 Å². The second kappa shape index (κ2) is 4.96. The minimum Gasteiger partial charge on any atom is -0.369 e. The Morgan fingerprint density at radius 3 is 3.00 bits per heavy atom. The maximum atomic E-state index is 9.75. The fourth-order valence-corrected chi connectivity index (χ4v) is 2.20. The van der Waals surface area contributed by atoms with Gasteiger partial charge in [-0.05, 0) is 13.8 Å². The van der Waals surface area contributed by atoms with Crippen LogP contribution in [0.15, 0.2) is 21.6 Å². The maximum absolute atomic E-state index is 9.75. The molecule has 1 N–H and O–H groups in total. The molecule has 1 atom stereocenters. The van der Waals surface area contributed by atoms with Crippen molar-refractivity contribution < 1.29 is 5.11 Å². The van der Waals surface area contributed by atoms with Crippen LogP contribution in [0.5, 0.6) is 0 Å². The van der Waals surface area contributed by atoms with Crippen molar-refractivity contribution in [3.63, 3.8) is 0 Å². The molecule has 1 rings (SSSR count). The average molecular weight is 233 g/mol. The Kier molecular flexibility index (Phi) is 4.16. The molecule has 0 saturated carbocycles. The Balaban J connectivity index is 2.63. The van der Waals surface area contributed by atoms with Crippen LogP contribution in [-0.2, 0) is 0 Å². The van der Waals surface area contributed by atoms with Gasteiger partial charge in [0.15, 0.2) is 10.9 Å². The summed E-state index contributed by atoms with van der Waals surface area (Å²) in [4.78, 5) is 8.35. The van der Waals surface area contributed by atoms with Crippen molar-refractivity contribution in [1.82, 2.24) is 0 Å². The van der Waals surface area contributed by atoms with Crippen LogP contribution in [0.2, 0.25) is 0 Å². The number of hydrogen-bond acceptors (Lipinski definition) is 4. The summed E-state index contributed by atoms with van der Waals surface area (Å²) in [6.07, 6.45) is 2.31. The van der Waals surface area contributed by atoms with Gasteiger partial charge in [0.2, 0.25) is 0 Å². The van der Waals surface area contributed by atoms with E-state index in [0.29, 0.717) is 11.6 Å². The van der Waals surface area contributed by atoms with Crippen molar-refractivity contribution in [1.29, 1.82) is 0 Å². The van der Waals surface area contributed by atoms with Gasteiger partial charge in [0, 0.05) is 23.4 Å². The van der Waals surface area contributed by atoms with Gasteiger partial charge < -0.3 is 5.11 Å². The van der Waals surface area contributed by atoms with Crippen LogP contribution in [0.3, 0.4) is 0 Å². The molecule has 5 heteroatoms. The van der Waals surface area contributed by atoms with E-state index >= 15 is 0 Å². The Morgan fingerprint density at radius 2 is 2.43 bits per heavy atom. The predicted octanol–water partition coefficient (Wildman–Crippen LogP) is 2.40. The van der Waals surface area contributed by atoms with Crippen molar-refractivity contribution in [3.8, 4) is 0 Å². The molecule has 14 heavy (non-hydrogen) atoms. The van der Waals surface area contributed by atoms with Gasteiger partial charge in [-0.3, -0.25) is 0 Å². The van der Waals surface area contributed by atoms with Crippen LogP contribution in [0, 0.1) is 0 Å². The van der Waals surface area contributed by atoms with Crippen molar-refractivity contribution in [2.45, 2.75) is 26.0 Å². The number of hydrogen-bond donors (Lipinski definition) is 1. The highest BCUT2D eigenvalue weighted by atomic mass is 35.5. The molecule has 0 spiro atoms. The van der Waals surface area contributed by atoms with Gasteiger partial charge in [-0.25, -0.2) is 9.98 Å². The molecule has 0 aromatic heterocycles. The number of thioether (sulfide) groups is 1. The lowest BCUT2D eigenvalue weighted by molar-refractivity contribution is 0.0768. The first-order valence-corrected chi connectivity index (χ1v) is 5.70. The summed E-state index contributed by atoms with van der Waals surface area (Å²) in [6, 6.07) is 0. The van der Waals surface area contributed by atoms with Crippen molar-refractivity contribution in [2.24, 2.45) is 9.98 Å². The Morgan fingerprint density at radius 1 is 1.71 bits per heavy atom. The monoisotopic (exact) mass is 232 g/mol. The van der Waals surface area contributed by atoms with E-state index in [2.05, 4.69) is 9.98 Å². The molecule has 1 unspecified atom stereocenters. The minimum atomic E-state index is -1.00. The zero-order chi connectivity index (χ0) is 10.6. The summed E-state index contributed by atoms with van der Waals surface area (Å²) in [5, 5.41) is 10.4. The van der Waals surface area contributed by atoms with Gasteiger partial charge in [0.05, 0.1) is 0 Å². The van der Waals surface area contributed by atoms with E-state index in [1.54, 1.807) is 6.92 Å². The summed E-state index contributed by atoms with van der Waals surface area (Å²) in [5.41, 5.74) is 1.37. The van der Waals surface area contributed by atoms with Crippen LogP contribution in [-0.4, -0.2) is 27.5 Å². The molecule has 0 bridgehead atoms. The predicted molar refractivity (Wildman–Crippen MR) is 63.2 cm³/mol. The Bertz CT molecular complexity index is 297. The SMILES string of the molecule is CC1=NC(SCC=CCl)=NC(C)(O)C1. The molecule has 0 amide bonds. The average Bonchev–Trinajstić information content (AvgIpc) is 2.00. The standard InChI is InChI=1S/C9H13ClN2OS/c1-7-6-9(2,13)12-8(11-7)14-5-3-4-10/h3-4,13H,5-6H2,1-2H3. The van der Waals surface area contributed by atoms with E-state index in [0.717, 1.165) is 11.5 Å². The fourth-order valence-electron chi connectivity index (χ4n) is 1.18. The maximum Gasteiger partial charge on any atom is 0.185 e. The lowest BCUT2D eigenvalue weighted by atomic mass is 10.1. The fraction of sp³-hybridized carbons (Fsp3) is 0.556. The number of halogens is 1. The van der Waals surface area contributed by atoms with Gasteiger partial charge in [-0.15, -0.1) is 0 Å². The summed E-state index contributed by atoms with van der Waals surface area (Å²) >= 11 is 6.84. The number of aliphatic hydroxyl groups is 1. The molecular weight excluding hydrogens is 220 g/mol. The van der Waals surface area contributed by atoms with Crippen molar-refractivity contribution >= 4 is 34.2 Å². The molecule has 0 aromatic rings. The lowest BCUT2D eigenvalue weighted by Gasteiger charge is -2.22. The summed E-state index contributed by atoms with van der Waals surface area (Å²) in [7, 11) is 0. The Labute approximate surface area is 93.0 Å². The molecule has 0 aromatic carbocycles. The zero-order valence-electron chi connectivity index (χ0n) is 8.20. The Hall–Kier alpha value is -0.320. The van der Waals surface area contributed by atoms with Gasteiger partial charge in [-0.1, -0.05) is 29.4 Å². The van der Waals surface area contributed by atoms with Crippen LogP contribution >= 0.6 is 23.4 Å². The van der Waals surface area contributed by atoms with Crippen molar-refractivity contribution in [3.05, 3.63) is 11.6 Å². The summed E-state index contributed by atoms with van der Waals surface area (Å²) < 4.78 is 0. The van der Waals surface area contributed by atoms with E-state index in [-0.39, 0.29) is 0 Å². The molecule has 1 aliphatic heterocycles. The molecule has 0 saturated heterocycles. The molecule has 0 fully saturated rings. The van der Waals surface area contributed by atoms with Crippen LogP contribution in [0.1, 0.15) is 20.3 Å². The number of amidine groups is 1. The molecule has 0 aliphatic carbocycles. The quantitative estimate of drug-likeness (QED) is 0.795. The third-order valence-electron chi connectivity index (χ3n) is 1.61. The van der Waals surface area contributed by atoms with E-state index in [1.165, 1.54) is 17.3 Å². The number of aliphatic imine (C=N–C) groups is 2. The van der Waals surface area contributed by atoms with E-state index in [4.69, 9.17) is 11.6 Å². The van der Waals surface area contributed by atoms with Gasteiger partial charge in [0.25, 0.3) is 0 Å². The summed E-state index contributed by atoms with van der Waals surface area (Å²) in [6.45, 7) is 3.57. The minimum absolute atomic E-state index is 0.502. The normalized spacial score (nSPS) is 27.7. The van der Waals surface area contributed by atoms with Crippen LogP contribution in [0.25, 0.3) is 0 Å². The molecule has 1 aliphatic rings. The topological polar surface area (TPSA) is 45.0 Å². The first kappa shape index (κ1) is 11.8. The van der Waals surface area contributed by atoms with E-state index in [9.17, 15) is 5.11 Å². The highest BCUT2D eigenvalue weighted by molar-refractivity contribution is 8.14. The highest BCUT2D eigenvalue weighted by Crippen LogP contribution is 2.21. The van der Waals surface area contributed by atoms with Gasteiger partial charge in [-0.2, -0.15) is 0 Å². The van der Waals surface area contributed by atoms with Crippen molar-refractivity contribution in [2.75, 3.05) is 5.75 Å². The first-order chi connectivity index (χ1) is 6.53. The third kappa shape index (κ3) is 3.82. The molecule has 3 nitrogen and oxygen atoms in total. The largest absolute Gasteiger partial charge is 0.369 e. The number of rotatable bonds is 2. The zero-order valence-corrected chi connectivity index (χ0v) is 9.77.